The van der Waals surface area contributed by atoms with Crippen molar-refractivity contribution < 1.29 is 40.4 Å². The first-order chi connectivity index (χ1) is 9.44. The fourth-order valence-electron chi connectivity index (χ4n) is 1.21. The first kappa shape index (κ1) is 16.8. The smallest absolute Gasteiger partial charge is 0.450 e. The number of aromatic amines is 1. The maximum Gasteiger partial charge on any atom is 0.534 e. The van der Waals surface area contributed by atoms with Crippen LogP contribution in [0.25, 0.3) is 0 Å². The van der Waals surface area contributed by atoms with Crippen molar-refractivity contribution >= 4 is 16.3 Å². The third kappa shape index (κ3) is 4.11. The zero-order valence-electron chi connectivity index (χ0n) is 10.2. The van der Waals surface area contributed by atoms with Crippen LogP contribution in [0.1, 0.15) is 11.1 Å². The number of ether oxygens (including phenoxy) is 1. The number of nitrogens with one attached hydrogen (secondary N) is 1. The van der Waals surface area contributed by atoms with Gasteiger partial charge in [0.15, 0.2) is 0 Å². The van der Waals surface area contributed by atoms with E-state index in [1.165, 1.54) is 6.92 Å². The molecule has 0 aliphatic rings. The second-order valence-corrected chi connectivity index (χ2v) is 5.20. The molecule has 1 aromatic heterocycles. The lowest BCUT2D eigenvalue weighted by Crippen LogP contribution is -2.29. The van der Waals surface area contributed by atoms with Crippen molar-refractivity contribution in [2.24, 2.45) is 0 Å². The molecule has 12 heteroatoms. The first-order valence-corrected chi connectivity index (χ1v) is 6.44. The first-order valence-electron chi connectivity index (χ1n) is 5.03. The standard InChI is InChI=1S/C9H8F3NO7S/c1-4-2-6(20-21(17,18)9(10,11)12)13-7(14)5(4)3-19-8(15)16/h2H,3H2,1H3,(H,13,14)(H,15,16). The van der Waals surface area contributed by atoms with Gasteiger partial charge in [0.2, 0.25) is 5.88 Å². The van der Waals surface area contributed by atoms with E-state index in [0.29, 0.717) is 0 Å². The van der Waals surface area contributed by atoms with E-state index in [2.05, 4.69) is 8.92 Å². The van der Waals surface area contributed by atoms with Crippen LogP contribution < -0.4 is 9.74 Å². The molecule has 0 spiro atoms. The van der Waals surface area contributed by atoms with Gasteiger partial charge < -0.3 is 14.0 Å². The van der Waals surface area contributed by atoms with Gasteiger partial charge in [0.25, 0.3) is 5.56 Å². The van der Waals surface area contributed by atoms with Crippen molar-refractivity contribution in [3.63, 3.8) is 0 Å². The highest BCUT2D eigenvalue weighted by Gasteiger charge is 2.48. The largest absolute Gasteiger partial charge is 0.534 e. The Balaban J connectivity index is 3.10. The van der Waals surface area contributed by atoms with E-state index in [0.717, 1.165) is 6.07 Å². The number of halogens is 3. The summed E-state index contributed by atoms with van der Waals surface area (Å²) in [5, 5.41) is 8.29. The summed E-state index contributed by atoms with van der Waals surface area (Å²) in [6, 6.07) is 0.797. The van der Waals surface area contributed by atoms with Gasteiger partial charge in [-0.2, -0.15) is 21.6 Å². The van der Waals surface area contributed by atoms with E-state index in [4.69, 9.17) is 5.11 Å². The number of hydrogen-bond acceptors (Lipinski definition) is 6. The van der Waals surface area contributed by atoms with Crippen LogP contribution in [0, 0.1) is 6.92 Å². The number of aromatic nitrogens is 1. The number of carboxylic acid groups (broad SMARTS) is 1. The Hall–Kier alpha value is -2.24. The maximum atomic E-state index is 12.1. The molecule has 21 heavy (non-hydrogen) atoms. The molecule has 0 amide bonds. The summed E-state index contributed by atoms with van der Waals surface area (Å²) in [5.41, 5.74) is -6.90. The molecule has 1 aromatic rings. The molecule has 0 aromatic carbocycles. The lowest BCUT2D eigenvalue weighted by molar-refractivity contribution is -0.0501. The average Bonchev–Trinajstić information content (AvgIpc) is 2.24. The SMILES string of the molecule is Cc1cc(OS(=O)(=O)C(F)(F)F)[nH]c(=O)c1COC(=O)O. The zero-order chi connectivity index (χ0) is 16.4. The number of aryl methyl sites for hydroxylation is 1. The highest BCUT2D eigenvalue weighted by atomic mass is 32.2. The molecule has 0 saturated carbocycles. The topological polar surface area (TPSA) is 123 Å². The molecule has 0 bridgehead atoms. The monoisotopic (exact) mass is 331 g/mol. The summed E-state index contributed by atoms with van der Waals surface area (Å²) in [6.07, 6.45) is -1.66. The highest BCUT2D eigenvalue weighted by molar-refractivity contribution is 7.87. The lowest BCUT2D eigenvalue weighted by atomic mass is 10.2. The van der Waals surface area contributed by atoms with Crippen LogP contribution in [0.5, 0.6) is 5.88 Å². The minimum absolute atomic E-state index is 0.00706. The Kier molecular flexibility index (Phi) is 4.51. The molecule has 1 heterocycles. The maximum absolute atomic E-state index is 12.1. The molecule has 0 atom stereocenters. The number of pyridine rings is 1. The molecule has 0 unspecified atom stereocenters. The molecule has 0 fully saturated rings. The molecule has 0 aliphatic heterocycles. The molecule has 2 N–H and O–H groups in total. The lowest BCUT2D eigenvalue weighted by Gasteiger charge is -2.11. The van der Waals surface area contributed by atoms with Crippen LogP contribution in [0.15, 0.2) is 10.9 Å². The Morgan fingerprint density at radius 1 is 1.43 bits per heavy atom. The predicted octanol–water partition coefficient (Wildman–Crippen LogP) is 1.11. The third-order valence-corrected chi connectivity index (χ3v) is 3.12. The van der Waals surface area contributed by atoms with Crippen LogP contribution in [0.2, 0.25) is 0 Å². The van der Waals surface area contributed by atoms with E-state index in [1.54, 1.807) is 4.98 Å². The van der Waals surface area contributed by atoms with Crippen LogP contribution in [0.3, 0.4) is 0 Å². The average molecular weight is 331 g/mol. The van der Waals surface area contributed by atoms with Gasteiger partial charge in [-0.3, -0.25) is 9.78 Å². The molecule has 0 radical (unpaired) electrons. The summed E-state index contributed by atoms with van der Waals surface area (Å²) in [5.74, 6) is -0.950. The van der Waals surface area contributed by atoms with Gasteiger partial charge in [0, 0.05) is 6.07 Å². The zero-order valence-corrected chi connectivity index (χ0v) is 11.0. The van der Waals surface area contributed by atoms with Gasteiger partial charge in [-0.25, -0.2) is 4.79 Å². The molecule has 8 nitrogen and oxygen atoms in total. The number of rotatable bonds is 4. The third-order valence-electron chi connectivity index (χ3n) is 2.16. The minimum atomic E-state index is -5.92. The van der Waals surface area contributed by atoms with E-state index in [1.807, 2.05) is 0 Å². The van der Waals surface area contributed by atoms with Crippen molar-refractivity contribution in [1.29, 1.82) is 0 Å². The molecular weight excluding hydrogens is 323 g/mol. The van der Waals surface area contributed by atoms with E-state index >= 15 is 0 Å². The Labute approximate surface area is 115 Å². The number of alkyl halides is 3. The predicted molar refractivity (Wildman–Crippen MR) is 60.2 cm³/mol. The van der Waals surface area contributed by atoms with Crippen molar-refractivity contribution in [3.8, 4) is 5.88 Å². The minimum Gasteiger partial charge on any atom is -0.450 e. The van der Waals surface area contributed by atoms with E-state index in [9.17, 15) is 31.2 Å². The Morgan fingerprint density at radius 3 is 2.43 bits per heavy atom. The second-order valence-electron chi connectivity index (χ2n) is 3.66. The number of H-pyrrole nitrogens is 1. The van der Waals surface area contributed by atoms with Gasteiger partial charge in [0.1, 0.15) is 6.61 Å². The summed E-state index contributed by atoms with van der Waals surface area (Å²) in [7, 11) is -5.92. The van der Waals surface area contributed by atoms with Crippen molar-refractivity contribution in [3.05, 3.63) is 27.5 Å². The summed E-state index contributed by atoms with van der Waals surface area (Å²) < 4.78 is 65.8. The fraction of sp³-hybridized carbons (Fsp3) is 0.333. The second kappa shape index (κ2) is 5.63. The number of hydrogen-bond donors (Lipinski definition) is 2. The molecule has 0 saturated heterocycles. The van der Waals surface area contributed by atoms with E-state index in [-0.39, 0.29) is 11.1 Å². The Morgan fingerprint density at radius 2 is 2.00 bits per heavy atom. The molecule has 1 rings (SSSR count). The molecule has 118 valence electrons. The van der Waals surface area contributed by atoms with Gasteiger partial charge in [0.05, 0.1) is 5.56 Å². The Bertz CT molecular complexity index is 707. The summed E-state index contributed by atoms with van der Waals surface area (Å²) in [4.78, 5) is 23.5. The van der Waals surface area contributed by atoms with Gasteiger partial charge in [-0.1, -0.05) is 0 Å². The van der Waals surface area contributed by atoms with Crippen LogP contribution in [-0.4, -0.2) is 30.2 Å². The van der Waals surface area contributed by atoms with Crippen molar-refractivity contribution in [2.45, 2.75) is 19.0 Å². The fourth-order valence-corrected chi connectivity index (χ4v) is 1.63. The number of carbonyl (C=O) groups is 1. The van der Waals surface area contributed by atoms with Gasteiger partial charge in [-0.15, -0.1) is 0 Å². The van der Waals surface area contributed by atoms with Crippen molar-refractivity contribution in [1.82, 2.24) is 4.98 Å². The molecular formula is C9H8F3NO7S. The summed E-state index contributed by atoms with van der Waals surface area (Å²) in [6.45, 7) is 0.589. The van der Waals surface area contributed by atoms with Gasteiger partial charge >= 0.3 is 21.8 Å². The van der Waals surface area contributed by atoms with Crippen LogP contribution in [0.4, 0.5) is 18.0 Å². The highest BCUT2D eigenvalue weighted by Crippen LogP contribution is 2.26. The van der Waals surface area contributed by atoms with E-state index < -0.39 is 39.8 Å². The molecule has 0 aliphatic carbocycles. The quantitative estimate of drug-likeness (QED) is 0.481. The van der Waals surface area contributed by atoms with Crippen LogP contribution >= 0.6 is 0 Å². The normalized spacial score (nSPS) is 12.0. The van der Waals surface area contributed by atoms with Crippen molar-refractivity contribution in [2.75, 3.05) is 0 Å². The van der Waals surface area contributed by atoms with Gasteiger partial charge in [-0.05, 0) is 12.5 Å². The van der Waals surface area contributed by atoms with Crippen LogP contribution in [-0.2, 0) is 21.5 Å². The summed E-state index contributed by atoms with van der Waals surface area (Å²) >= 11 is 0.